The van der Waals surface area contributed by atoms with Crippen LogP contribution in [0, 0.1) is 0 Å². The van der Waals surface area contributed by atoms with Crippen molar-refractivity contribution in [3.63, 3.8) is 0 Å². The molecule has 5 heteroatoms. The predicted molar refractivity (Wildman–Crippen MR) is 76.2 cm³/mol. The van der Waals surface area contributed by atoms with E-state index in [1.54, 1.807) is 0 Å². The quantitative estimate of drug-likeness (QED) is 0.815. The van der Waals surface area contributed by atoms with E-state index >= 15 is 0 Å². The average Bonchev–Trinajstić information content (AvgIpc) is 2.37. The first-order chi connectivity index (χ1) is 8.93. The van der Waals surface area contributed by atoms with Crippen molar-refractivity contribution in [1.82, 2.24) is 10.6 Å². The third-order valence-electron chi connectivity index (χ3n) is 2.71. The fourth-order valence-electron chi connectivity index (χ4n) is 1.66. The minimum atomic E-state index is -0.510. The minimum absolute atomic E-state index is 0.224. The van der Waals surface area contributed by atoms with Crippen LogP contribution in [0.4, 0.5) is 4.79 Å². The molecule has 3 amide bonds. The molecule has 19 heavy (non-hydrogen) atoms. The van der Waals surface area contributed by atoms with E-state index in [1.165, 1.54) is 5.56 Å². The number of alkyl halides is 1. The van der Waals surface area contributed by atoms with Gasteiger partial charge >= 0.3 is 6.03 Å². The second-order valence-corrected chi connectivity index (χ2v) is 5.27. The number of benzene rings is 1. The molecule has 0 fully saturated rings. The van der Waals surface area contributed by atoms with Crippen molar-refractivity contribution >= 4 is 23.5 Å². The first kappa shape index (κ1) is 15.5. The zero-order chi connectivity index (χ0) is 14.3. The Balaban J connectivity index is 2.43. The molecule has 0 saturated heterocycles. The van der Waals surface area contributed by atoms with Crippen LogP contribution in [-0.4, -0.2) is 23.4 Å². The number of nitrogens with one attached hydrogen (secondary N) is 2. The van der Waals surface area contributed by atoms with Crippen molar-refractivity contribution in [2.45, 2.75) is 32.2 Å². The SMILES string of the molecule is CC(C)(CCc1ccccc1)NC(=O)NC(=O)CCl. The Kier molecular flexibility index (Phi) is 5.83. The lowest BCUT2D eigenvalue weighted by atomic mass is 9.95. The van der Waals surface area contributed by atoms with E-state index in [0.717, 1.165) is 12.8 Å². The van der Waals surface area contributed by atoms with Crippen molar-refractivity contribution in [1.29, 1.82) is 0 Å². The summed E-state index contributed by atoms with van der Waals surface area (Å²) in [7, 11) is 0. The molecule has 0 bridgehead atoms. The molecule has 0 atom stereocenters. The normalized spacial score (nSPS) is 10.9. The largest absolute Gasteiger partial charge is 0.333 e. The van der Waals surface area contributed by atoms with Crippen LogP contribution in [-0.2, 0) is 11.2 Å². The number of halogens is 1. The van der Waals surface area contributed by atoms with E-state index in [9.17, 15) is 9.59 Å². The van der Waals surface area contributed by atoms with Crippen molar-refractivity contribution in [3.05, 3.63) is 35.9 Å². The number of carbonyl (C=O) groups excluding carboxylic acids is 2. The summed E-state index contributed by atoms with van der Waals surface area (Å²) in [6.45, 7) is 3.83. The summed E-state index contributed by atoms with van der Waals surface area (Å²) < 4.78 is 0. The molecule has 0 aliphatic rings. The van der Waals surface area contributed by atoms with E-state index in [1.807, 2.05) is 44.2 Å². The number of imide groups is 1. The van der Waals surface area contributed by atoms with E-state index in [-0.39, 0.29) is 5.88 Å². The topological polar surface area (TPSA) is 58.2 Å². The molecule has 4 nitrogen and oxygen atoms in total. The Morgan fingerprint density at radius 2 is 1.84 bits per heavy atom. The van der Waals surface area contributed by atoms with Gasteiger partial charge in [0.05, 0.1) is 0 Å². The van der Waals surface area contributed by atoms with Gasteiger partial charge in [-0.05, 0) is 32.3 Å². The van der Waals surface area contributed by atoms with Gasteiger partial charge in [-0.15, -0.1) is 11.6 Å². The molecule has 0 spiro atoms. The third kappa shape index (κ3) is 6.25. The van der Waals surface area contributed by atoms with Crippen LogP contribution in [0.25, 0.3) is 0 Å². The third-order valence-corrected chi connectivity index (χ3v) is 2.95. The van der Waals surface area contributed by atoms with Crippen LogP contribution in [0.5, 0.6) is 0 Å². The molecule has 0 aliphatic carbocycles. The summed E-state index contributed by atoms with van der Waals surface area (Å²) in [6.07, 6.45) is 1.64. The lowest BCUT2D eigenvalue weighted by molar-refractivity contribution is -0.117. The van der Waals surface area contributed by atoms with Gasteiger partial charge in [0, 0.05) is 5.54 Å². The first-order valence-corrected chi connectivity index (χ1v) is 6.68. The van der Waals surface area contributed by atoms with Gasteiger partial charge in [0.1, 0.15) is 5.88 Å². The van der Waals surface area contributed by atoms with Gasteiger partial charge in [-0.3, -0.25) is 10.1 Å². The Labute approximate surface area is 118 Å². The highest BCUT2D eigenvalue weighted by Gasteiger charge is 2.20. The molecule has 0 saturated carbocycles. The minimum Gasteiger partial charge on any atom is -0.333 e. The van der Waals surface area contributed by atoms with Crippen LogP contribution < -0.4 is 10.6 Å². The van der Waals surface area contributed by atoms with Gasteiger partial charge in [0.15, 0.2) is 0 Å². The van der Waals surface area contributed by atoms with Gasteiger partial charge < -0.3 is 5.32 Å². The molecule has 0 aliphatic heterocycles. The number of urea groups is 1. The van der Waals surface area contributed by atoms with Gasteiger partial charge in [0.2, 0.25) is 5.91 Å². The highest BCUT2D eigenvalue weighted by Crippen LogP contribution is 2.13. The van der Waals surface area contributed by atoms with Crippen LogP contribution in [0.15, 0.2) is 30.3 Å². The molecule has 2 N–H and O–H groups in total. The van der Waals surface area contributed by atoms with E-state index in [4.69, 9.17) is 11.6 Å². The summed E-state index contributed by atoms with van der Waals surface area (Å²) in [4.78, 5) is 22.5. The van der Waals surface area contributed by atoms with Crippen molar-refractivity contribution < 1.29 is 9.59 Å². The summed E-state index contributed by atoms with van der Waals surface area (Å²) in [5.74, 6) is -0.726. The number of hydrogen-bond acceptors (Lipinski definition) is 2. The van der Waals surface area contributed by atoms with Gasteiger partial charge in [-0.2, -0.15) is 0 Å². The Morgan fingerprint density at radius 1 is 1.21 bits per heavy atom. The monoisotopic (exact) mass is 282 g/mol. The summed E-state index contributed by atoms with van der Waals surface area (Å²) in [5, 5.41) is 4.93. The second-order valence-electron chi connectivity index (χ2n) is 5.01. The number of carbonyl (C=O) groups is 2. The number of rotatable bonds is 5. The molecule has 0 aromatic heterocycles. The van der Waals surface area contributed by atoms with E-state index < -0.39 is 17.5 Å². The molecule has 1 aromatic rings. The van der Waals surface area contributed by atoms with E-state index in [2.05, 4.69) is 10.6 Å². The average molecular weight is 283 g/mol. The number of hydrogen-bond donors (Lipinski definition) is 2. The maximum Gasteiger partial charge on any atom is 0.321 e. The Hall–Kier alpha value is -1.55. The van der Waals surface area contributed by atoms with Crippen molar-refractivity contribution in [3.8, 4) is 0 Å². The zero-order valence-electron chi connectivity index (χ0n) is 11.2. The molecule has 0 unspecified atom stereocenters. The fraction of sp³-hybridized carbons (Fsp3) is 0.429. The highest BCUT2D eigenvalue weighted by atomic mass is 35.5. The van der Waals surface area contributed by atoms with Gasteiger partial charge in [-0.25, -0.2) is 4.79 Å². The molecule has 1 aromatic carbocycles. The lowest BCUT2D eigenvalue weighted by Gasteiger charge is -2.26. The van der Waals surface area contributed by atoms with Crippen LogP contribution >= 0.6 is 11.6 Å². The summed E-state index contributed by atoms with van der Waals surface area (Å²) >= 11 is 5.32. The highest BCUT2D eigenvalue weighted by molar-refractivity contribution is 6.28. The fourth-order valence-corrected chi connectivity index (χ4v) is 1.73. The van der Waals surface area contributed by atoms with Gasteiger partial charge in [-0.1, -0.05) is 30.3 Å². The molecular formula is C14H19ClN2O2. The van der Waals surface area contributed by atoms with Crippen LogP contribution in [0.2, 0.25) is 0 Å². The van der Waals surface area contributed by atoms with Crippen LogP contribution in [0.1, 0.15) is 25.8 Å². The molecular weight excluding hydrogens is 264 g/mol. The summed E-state index contributed by atoms with van der Waals surface area (Å²) in [5.41, 5.74) is 0.821. The summed E-state index contributed by atoms with van der Waals surface area (Å²) in [6, 6.07) is 9.53. The number of amides is 3. The first-order valence-electron chi connectivity index (χ1n) is 6.15. The number of aryl methyl sites for hydroxylation is 1. The molecule has 0 heterocycles. The maximum atomic E-state index is 11.5. The molecule has 0 radical (unpaired) electrons. The lowest BCUT2D eigenvalue weighted by Crippen LogP contribution is -2.50. The van der Waals surface area contributed by atoms with Crippen molar-refractivity contribution in [2.24, 2.45) is 0 Å². The Morgan fingerprint density at radius 3 is 2.42 bits per heavy atom. The smallest absolute Gasteiger partial charge is 0.321 e. The van der Waals surface area contributed by atoms with E-state index in [0.29, 0.717) is 0 Å². The maximum absolute atomic E-state index is 11.5. The predicted octanol–water partition coefficient (Wildman–Crippen LogP) is 2.46. The van der Waals surface area contributed by atoms with Crippen LogP contribution in [0.3, 0.4) is 0 Å². The molecule has 1 rings (SSSR count). The second kappa shape index (κ2) is 7.14. The van der Waals surface area contributed by atoms with Crippen molar-refractivity contribution in [2.75, 3.05) is 5.88 Å². The standard InChI is InChI=1S/C14H19ClN2O2/c1-14(2,17-13(19)16-12(18)10-15)9-8-11-6-4-3-5-7-11/h3-7H,8-10H2,1-2H3,(H2,16,17,18,19). The Bertz CT molecular complexity index is 432. The van der Waals surface area contributed by atoms with Gasteiger partial charge in [0.25, 0.3) is 0 Å². The zero-order valence-corrected chi connectivity index (χ0v) is 12.0. The molecule has 104 valence electrons.